The van der Waals surface area contributed by atoms with Gasteiger partial charge < -0.3 is 25.5 Å². The van der Waals surface area contributed by atoms with Crippen LogP contribution < -0.4 is 0 Å². The zero-order valence-electron chi connectivity index (χ0n) is 11.1. The maximum absolute atomic E-state index is 8.74. The van der Waals surface area contributed by atoms with Crippen LogP contribution in [0.25, 0.3) is 0 Å². The molecule has 5 N–H and O–H groups in total. The van der Waals surface area contributed by atoms with E-state index in [0.29, 0.717) is 12.8 Å². The molecule has 0 amide bonds. The molecule has 0 aliphatic rings. The van der Waals surface area contributed by atoms with Gasteiger partial charge in [0, 0.05) is 12.0 Å². The molecule has 0 aromatic heterocycles. The third-order valence-electron chi connectivity index (χ3n) is 2.81. The van der Waals surface area contributed by atoms with E-state index in [0.717, 1.165) is 0 Å². The second-order valence-corrected chi connectivity index (χ2v) is 4.70. The van der Waals surface area contributed by atoms with Gasteiger partial charge in [-0.15, -0.1) is 0 Å². The fourth-order valence-corrected chi connectivity index (χ4v) is 1.14. The first-order valence-corrected chi connectivity index (χ1v) is 6.02. The van der Waals surface area contributed by atoms with E-state index in [-0.39, 0.29) is 38.4 Å². The molecule has 0 aliphatic heterocycles. The fraction of sp³-hybridized carbons (Fsp3) is 1.00. The van der Waals surface area contributed by atoms with Crippen molar-refractivity contribution in [2.75, 3.05) is 26.4 Å². The summed E-state index contributed by atoms with van der Waals surface area (Å²) >= 11 is 0. The normalized spacial score (nSPS) is 14.8. The highest BCUT2D eigenvalue weighted by atomic mass is 16.3. The van der Waals surface area contributed by atoms with E-state index in [1.165, 1.54) is 0 Å². The first-order valence-electron chi connectivity index (χ1n) is 6.02. The van der Waals surface area contributed by atoms with Gasteiger partial charge in [0.2, 0.25) is 0 Å². The Hall–Kier alpha value is -0.200. The summed E-state index contributed by atoms with van der Waals surface area (Å²) in [7, 11) is 0. The molecule has 0 spiro atoms. The van der Waals surface area contributed by atoms with E-state index in [1.807, 2.05) is 13.8 Å². The summed E-state index contributed by atoms with van der Waals surface area (Å²) in [5, 5.41) is 43.2. The number of aliphatic hydroxyl groups is 5. The summed E-state index contributed by atoms with van der Waals surface area (Å²) in [4.78, 5) is 0. The maximum atomic E-state index is 8.74. The van der Waals surface area contributed by atoms with E-state index in [9.17, 15) is 0 Å². The highest BCUT2D eigenvalue weighted by Gasteiger charge is 2.24. The second kappa shape index (κ2) is 10.9. The molecular formula is C12H28O5. The summed E-state index contributed by atoms with van der Waals surface area (Å²) in [5.41, 5.74) is -0.667. The van der Waals surface area contributed by atoms with Gasteiger partial charge in [0.1, 0.15) is 0 Å². The van der Waals surface area contributed by atoms with Crippen molar-refractivity contribution in [2.24, 2.45) is 11.3 Å². The van der Waals surface area contributed by atoms with Crippen LogP contribution in [0, 0.1) is 11.3 Å². The molecule has 106 valence electrons. The minimum atomic E-state index is -0.667. The highest BCUT2D eigenvalue weighted by molar-refractivity contribution is 4.74. The minimum absolute atomic E-state index is 0.156. The molecule has 2 unspecified atom stereocenters. The summed E-state index contributed by atoms with van der Waals surface area (Å²) in [6.45, 7) is 5.16. The van der Waals surface area contributed by atoms with Crippen LogP contribution in [0.5, 0.6) is 0 Å². The molecule has 5 heteroatoms. The number of hydrogen-bond acceptors (Lipinski definition) is 5. The van der Waals surface area contributed by atoms with Crippen molar-refractivity contribution in [3.05, 3.63) is 0 Å². The van der Waals surface area contributed by atoms with Gasteiger partial charge in [-0.1, -0.05) is 13.8 Å². The monoisotopic (exact) mass is 252 g/mol. The van der Waals surface area contributed by atoms with E-state index >= 15 is 0 Å². The Labute approximate surface area is 104 Å². The van der Waals surface area contributed by atoms with Crippen LogP contribution in [0.3, 0.4) is 0 Å². The third-order valence-corrected chi connectivity index (χ3v) is 2.81. The average Bonchev–Trinajstić information content (AvgIpc) is 2.33. The second-order valence-electron chi connectivity index (χ2n) is 4.70. The van der Waals surface area contributed by atoms with Crippen LogP contribution in [0.2, 0.25) is 0 Å². The SMILES string of the molecule is CC(O)CC(C)CO.CCC(CO)(CO)CO. The Morgan fingerprint density at radius 1 is 0.941 bits per heavy atom. The van der Waals surface area contributed by atoms with Gasteiger partial charge in [0.25, 0.3) is 0 Å². The fourth-order valence-electron chi connectivity index (χ4n) is 1.14. The topological polar surface area (TPSA) is 101 Å². The summed E-state index contributed by atoms with van der Waals surface area (Å²) in [5.74, 6) is 0.231. The molecular weight excluding hydrogens is 224 g/mol. The van der Waals surface area contributed by atoms with Crippen molar-refractivity contribution in [1.29, 1.82) is 0 Å². The Morgan fingerprint density at radius 2 is 1.35 bits per heavy atom. The Kier molecular flexibility index (Phi) is 12.3. The summed E-state index contributed by atoms with van der Waals surface area (Å²) < 4.78 is 0. The lowest BCUT2D eigenvalue weighted by Crippen LogP contribution is -2.32. The van der Waals surface area contributed by atoms with Crippen molar-refractivity contribution in [3.8, 4) is 0 Å². The molecule has 0 saturated heterocycles. The van der Waals surface area contributed by atoms with Crippen molar-refractivity contribution in [2.45, 2.75) is 39.7 Å². The molecule has 2 atom stereocenters. The smallest absolute Gasteiger partial charge is 0.0531 e. The Bertz CT molecular complexity index is 139. The number of hydrogen-bond donors (Lipinski definition) is 5. The first-order chi connectivity index (χ1) is 7.91. The lowest BCUT2D eigenvalue weighted by Gasteiger charge is -2.24. The number of aliphatic hydroxyl groups excluding tert-OH is 5. The van der Waals surface area contributed by atoms with Crippen LogP contribution in [-0.4, -0.2) is 58.1 Å². The van der Waals surface area contributed by atoms with Crippen molar-refractivity contribution >= 4 is 0 Å². The lowest BCUT2D eigenvalue weighted by atomic mass is 9.88. The molecule has 0 aliphatic carbocycles. The summed E-state index contributed by atoms with van der Waals surface area (Å²) in [6.07, 6.45) is 1.00. The molecule has 17 heavy (non-hydrogen) atoms. The quantitative estimate of drug-likeness (QED) is 0.430. The third kappa shape index (κ3) is 9.50. The Morgan fingerprint density at radius 3 is 1.41 bits per heavy atom. The molecule has 5 nitrogen and oxygen atoms in total. The molecule has 0 bridgehead atoms. The largest absolute Gasteiger partial charge is 0.396 e. The van der Waals surface area contributed by atoms with Crippen molar-refractivity contribution in [3.63, 3.8) is 0 Å². The van der Waals surface area contributed by atoms with Crippen LogP contribution >= 0.6 is 0 Å². The molecule has 0 heterocycles. The van der Waals surface area contributed by atoms with Gasteiger partial charge in [0.15, 0.2) is 0 Å². The van der Waals surface area contributed by atoms with E-state index in [4.69, 9.17) is 25.5 Å². The standard InChI is InChI=1S/C6H14O3.C6H14O2/c1-2-6(3-7,4-8)5-9;1-5(4-7)3-6(2)8/h7-9H,2-5H2,1H3;5-8H,3-4H2,1-2H3. The molecule has 0 fully saturated rings. The van der Waals surface area contributed by atoms with E-state index < -0.39 is 5.41 Å². The van der Waals surface area contributed by atoms with Gasteiger partial charge in [-0.2, -0.15) is 0 Å². The molecule has 0 rings (SSSR count). The van der Waals surface area contributed by atoms with Crippen LogP contribution in [-0.2, 0) is 0 Å². The zero-order chi connectivity index (χ0) is 13.9. The molecule has 0 saturated carbocycles. The number of rotatable bonds is 7. The van der Waals surface area contributed by atoms with Crippen molar-refractivity contribution in [1.82, 2.24) is 0 Å². The first kappa shape index (κ1) is 19.1. The molecule has 0 aromatic carbocycles. The van der Waals surface area contributed by atoms with E-state index in [2.05, 4.69) is 0 Å². The van der Waals surface area contributed by atoms with Gasteiger partial charge in [-0.3, -0.25) is 0 Å². The summed E-state index contributed by atoms with van der Waals surface area (Å²) in [6, 6.07) is 0. The van der Waals surface area contributed by atoms with Gasteiger partial charge in [-0.25, -0.2) is 0 Å². The van der Waals surface area contributed by atoms with Crippen LogP contribution in [0.15, 0.2) is 0 Å². The average molecular weight is 252 g/mol. The minimum Gasteiger partial charge on any atom is -0.396 e. The van der Waals surface area contributed by atoms with Crippen LogP contribution in [0.4, 0.5) is 0 Å². The van der Waals surface area contributed by atoms with Crippen molar-refractivity contribution < 1.29 is 25.5 Å². The predicted molar refractivity (Wildman–Crippen MR) is 66.5 cm³/mol. The molecule has 0 radical (unpaired) electrons. The Balaban J connectivity index is 0. The maximum Gasteiger partial charge on any atom is 0.0531 e. The molecule has 0 aromatic rings. The predicted octanol–water partition coefficient (Wildman–Crippen LogP) is -0.255. The lowest BCUT2D eigenvalue weighted by molar-refractivity contribution is 0.00304. The van der Waals surface area contributed by atoms with Crippen LogP contribution in [0.1, 0.15) is 33.6 Å². The highest BCUT2D eigenvalue weighted by Crippen LogP contribution is 2.18. The van der Waals surface area contributed by atoms with Gasteiger partial charge in [-0.05, 0) is 25.7 Å². The van der Waals surface area contributed by atoms with E-state index in [1.54, 1.807) is 6.92 Å². The zero-order valence-corrected chi connectivity index (χ0v) is 11.1. The van der Waals surface area contributed by atoms with Gasteiger partial charge in [0.05, 0.1) is 25.9 Å². The van der Waals surface area contributed by atoms with Gasteiger partial charge >= 0.3 is 0 Å².